The molecule has 0 aromatic heterocycles. The van der Waals surface area contributed by atoms with Crippen LogP contribution in [0.15, 0.2) is 81.3 Å². The topological polar surface area (TPSA) is 143 Å². The minimum absolute atomic E-state index is 0. The lowest BCUT2D eigenvalue weighted by Gasteiger charge is -2.37. The van der Waals surface area contributed by atoms with Crippen molar-refractivity contribution in [2.75, 3.05) is 52.4 Å². The number of halogens is 6. The molecule has 12 nitrogen and oxygen atoms in total. The highest BCUT2D eigenvalue weighted by Crippen LogP contribution is 2.26. The zero-order valence-corrected chi connectivity index (χ0v) is 30.2. The number of carbonyl (C=O) groups is 1. The van der Waals surface area contributed by atoms with Crippen LogP contribution in [0.2, 0.25) is 0 Å². The minimum Gasteiger partial charge on any atom is -0.444 e. The lowest BCUT2D eigenvalue weighted by atomic mass is 10.2. The van der Waals surface area contributed by atoms with E-state index in [4.69, 9.17) is 16.2 Å². The number of piperazine rings is 2. The molecule has 18 heteroatoms. The monoisotopic (exact) mass is 772 g/mol. The van der Waals surface area contributed by atoms with Gasteiger partial charge in [-0.05, 0) is 83.1 Å². The summed E-state index contributed by atoms with van der Waals surface area (Å²) in [4.78, 5) is 26.5. The maximum absolute atomic E-state index is 12.2. The third kappa shape index (κ3) is 16.3. The lowest BCUT2D eigenvalue weighted by Crippen LogP contribution is -2.50. The van der Waals surface area contributed by atoms with Gasteiger partial charge in [-0.25, -0.2) is 4.79 Å². The minimum atomic E-state index is -4.74. The fourth-order valence-corrected chi connectivity index (χ4v) is 4.97. The number of nitrogens with zero attached hydrogens (tertiary/aromatic N) is 5. The number of allylic oxidation sites excluding steroid dienone is 4. The molecule has 0 spiro atoms. The van der Waals surface area contributed by atoms with Crippen molar-refractivity contribution in [1.82, 2.24) is 20.0 Å². The standard InChI is InChI=1S/C20H27F3N4O3.C15H19F3N4O.CH4/c1-14(24)17(13-25-15-5-7-16(8-6-15)29-20(21,22)23)26-9-11-27(12-10-26)18(28)30-19(2,3)4;1-11(19)14(22-8-6-20-7-9-22)10-21-12-2-4-13(5-3-12)23-15(16,17)18;/h5-8,13H,9-12,24H2,1-4H3;2-5,10,20H,6-9,19H2,1H3;1H4/b17-14+,25-13?;14-11+,21-10?;. The van der Waals surface area contributed by atoms with Gasteiger partial charge in [-0.1, -0.05) is 7.43 Å². The van der Waals surface area contributed by atoms with Crippen molar-refractivity contribution in [1.29, 1.82) is 0 Å². The summed E-state index contributed by atoms with van der Waals surface area (Å²) in [7, 11) is 0. The molecule has 0 saturated carbocycles. The number of amides is 1. The summed E-state index contributed by atoms with van der Waals surface area (Å²) in [6.07, 6.45) is -6.58. The van der Waals surface area contributed by atoms with Gasteiger partial charge < -0.3 is 45.7 Å². The number of hydrogen-bond donors (Lipinski definition) is 3. The summed E-state index contributed by atoms with van der Waals surface area (Å²) in [5.74, 6) is -0.588. The summed E-state index contributed by atoms with van der Waals surface area (Å²) in [5.41, 5.74) is 15.0. The zero-order valence-electron chi connectivity index (χ0n) is 30.2. The molecule has 300 valence electrons. The summed E-state index contributed by atoms with van der Waals surface area (Å²) < 4.78 is 86.1. The first-order valence-corrected chi connectivity index (χ1v) is 16.6. The molecule has 2 aromatic carbocycles. The number of ether oxygens (including phenoxy) is 3. The number of benzene rings is 2. The second-order valence-corrected chi connectivity index (χ2v) is 12.9. The zero-order chi connectivity index (χ0) is 39.4. The number of aliphatic imine (C=N–C) groups is 2. The van der Waals surface area contributed by atoms with Crippen LogP contribution in [-0.2, 0) is 4.74 Å². The van der Waals surface area contributed by atoms with Gasteiger partial charge in [0.2, 0.25) is 0 Å². The Kier molecular flexibility index (Phi) is 16.5. The van der Waals surface area contributed by atoms with E-state index < -0.39 is 18.3 Å². The van der Waals surface area contributed by atoms with Crippen LogP contribution in [0.3, 0.4) is 0 Å². The van der Waals surface area contributed by atoms with Gasteiger partial charge >= 0.3 is 18.8 Å². The summed E-state index contributed by atoms with van der Waals surface area (Å²) in [6.45, 7) is 14.4. The van der Waals surface area contributed by atoms with Gasteiger partial charge in [0.15, 0.2) is 0 Å². The average molecular weight is 773 g/mol. The molecule has 0 bridgehead atoms. The molecule has 0 atom stereocenters. The first kappa shape index (κ1) is 45.0. The van der Waals surface area contributed by atoms with E-state index in [1.165, 1.54) is 48.5 Å². The molecule has 1 amide bonds. The maximum atomic E-state index is 12.2. The molecular weight excluding hydrogens is 722 g/mol. The van der Waals surface area contributed by atoms with Crippen LogP contribution in [0.4, 0.5) is 42.5 Å². The van der Waals surface area contributed by atoms with E-state index >= 15 is 0 Å². The highest BCUT2D eigenvalue weighted by atomic mass is 19.4. The van der Waals surface area contributed by atoms with Gasteiger partial charge in [-0.15, -0.1) is 26.3 Å². The first-order chi connectivity index (χ1) is 24.7. The highest BCUT2D eigenvalue weighted by molar-refractivity contribution is 5.82. The van der Waals surface area contributed by atoms with E-state index in [-0.39, 0.29) is 25.0 Å². The lowest BCUT2D eigenvalue weighted by molar-refractivity contribution is -0.275. The van der Waals surface area contributed by atoms with Crippen molar-refractivity contribution in [2.24, 2.45) is 21.5 Å². The number of hydrogen-bond acceptors (Lipinski definition) is 11. The van der Waals surface area contributed by atoms with Crippen LogP contribution in [0.25, 0.3) is 0 Å². The van der Waals surface area contributed by atoms with Crippen LogP contribution in [0.5, 0.6) is 11.5 Å². The third-order valence-corrected chi connectivity index (χ3v) is 7.35. The van der Waals surface area contributed by atoms with Crippen molar-refractivity contribution in [2.45, 2.75) is 60.4 Å². The predicted octanol–water partition coefficient (Wildman–Crippen LogP) is 7.05. The Bertz CT molecular complexity index is 1600. The molecule has 0 radical (unpaired) electrons. The number of carbonyl (C=O) groups excluding carboxylic acids is 1. The number of nitrogens with one attached hydrogen (secondary N) is 1. The van der Waals surface area contributed by atoms with E-state index in [2.05, 4.69) is 29.7 Å². The van der Waals surface area contributed by atoms with E-state index in [1.807, 2.05) is 25.7 Å². The number of nitrogens with two attached hydrogens (primary N) is 2. The van der Waals surface area contributed by atoms with E-state index in [0.29, 0.717) is 54.6 Å². The Morgan fingerprint density at radius 2 is 1.02 bits per heavy atom. The van der Waals surface area contributed by atoms with Crippen LogP contribution in [0.1, 0.15) is 42.0 Å². The predicted molar refractivity (Wildman–Crippen MR) is 197 cm³/mol. The quantitative estimate of drug-likeness (QED) is 0.190. The molecule has 2 saturated heterocycles. The third-order valence-electron chi connectivity index (χ3n) is 7.35. The van der Waals surface area contributed by atoms with Crippen molar-refractivity contribution >= 4 is 29.9 Å². The second-order valence-electron chi connectivity index (χ2n) is 12.9. The summed E-state index contributed by atoms with van der Waals surface area (Å²) in [5, 5.41) is 3.25. The van der Waals surface area contributed by atoms with E-state index in [9.17, 15) is 31.1 Å². The largest absolute Gasteiger partial charge is 0.573 e. The molecule has 2 aromatic rings. The number of rotatable bonds is 8. The maximum Gasteiger partial charge on any atom is 0.573 e. The highest BCUT2D eigenvalue weighted by Gasteiger charge is 2.32. The smallest absolute Gasteiger partial charge is 0.444 e. The van der Waals surface area contributed by atoms with Crippen LogP contribution < -0.4 is 26.3 Å². The van der Waals surface area contributed by atoms with Gasteiger partial charge in [0, 0.05) is 63.8 Å². The van der Waals surface area contributed by atoms with Gasteiger partial charge in [0.25, 0.3) is 0 Å². The van der Waals surface area contributed by atoms with Gasteiger partial charge in [-0.2, -0.15) is 0 Å². The van der Waals surface area contributed by atoms with E-state index in [0.717, 1.165) is 31.9 Å². The van der Waals surface area contributed by atoms with Crippen molar-refractivity contribution in [3.63, 3.8) is 0 Å². The molecule has 0 unspecified atom stereocenters. The fourth-order valence-electron chi connectivity index (χ4n) is 4.97. The van der Waals surface area contributed by atoms with Crippen molar-refractivity contribution in [3.8, 4) is 11.5 Å². The van der Waals surface area contributed by atoms with E-state index in [1.54, 1.807) is 31.2 Å². The first-order valence-electron chi connectivity index (χ1n) is 16.6. The molecule has 2 fully saturated rings. The summed E-state index contributed by atoms with van der Waals surface area (Å²) >= 11 is 0. The van der Waals surface area contributed by atoms with Gasteiger partial charge in [0.05, 0.1) is 35.2 Å². The normalized spacial score (nSPS) is 16.5. The van der Waals surface area contributed by atoms with Crippen molar-refractivity contribution in [3.05, 3.63) is 71.3 Å². The van der Waals surface area contributed by atoms with Crippen molar-refractivity contribution < 1.29 is 45.3 Å². The SMILES string of the molecule is C.C/C(N)=C(/C=Nc1ccc(OC(F)(F)F)cc1)N1CCN(C(=O)OC(C)(C)C)CC1.C/C(N)=C(/C=Nc1ccc(OC(F)(F)F)cc1)N1CCNCC1. The molecule has 5 N–H and O–H groups in total. The Morgan fingerprint density at radius 3 is 1.35 bits per heavy atom. The Labute approximate surface area is 312 Å². The number of alkyl halides is 6. The van der Waals surface area contributed by atoms with Crippen LogP contribution >= 0.6 is 0 Å². The van der Waals surface area contributed by atoms with Crippen LogP contribution in [-0.4, -0.2) is 104 Å². The molecular formula is C36H50F6N8O4. The molecule has 4 rings (SSSR count). The molecule has 0 aliphatic carbocycles. The summed E-state index contributed by atoms with van der Waals surface area (Å²) in [6, 6.07) is 10.6. The Morgan fingerprint density at radius 1 is 0.667 bits per heavy atom. The molecule has 54 heavy (non-hydrogen) atoms. The second kappa shape index (κ2) is 19.8. The van der Waals surface area contributed by atoms with Gasteiger partial charge in [0.1, 0.15) is 17.1 Å². The van der Waals surface area contributed by atoms with Gasteiger partial charge in [-0.3, -0.25) is 9.98 Å². The fraction of sp³-hybridized carbons (Fsp3) is 0.472. The average Bonchev–Trinajstić information content (AvgIpc) is 3.05. The molecule has 2 heterocycles. The molecule has 2 aliphatic heterocycles. The molecule has 2 aliphatic rings. The van der Waals surface area contributed by atoms with Crippen LogP contribution in [0, 0.1) is 0 Å². The Hall–Kier alpha value is -5.13. The Balaban J connectivity index is 0.000000379.